The average Bonchev–Trinajstić information content (AvgIpc) is 3.21. The number of ether oxygens (including phenoxy) is 3. The second-order valence-electron chi connectivity index (χ2n) is 6.80. The zero-order valence-corrected chi connectivity index (χ0v) is 17.5. The maximum absolute atomic E-state index is 12.3. The third kappa shape index (κ3) is 4.95. The van der Waals surface area contributed by atoms with Gasteiger partial charge < -0.3 is 24.3 Å². The number of aromatic nitrogens is 2. The highest BCUT2D eigenvalue weighted by molar-refractivity contribution is 5.83. The van der Waals surface area contributed by atoms with Gasteiger partial charge in [0.25, 0.3) is 0 Å². The van der Waals surface area contributed by atoms with E-state index < -0.39 is 12.1 Å². The molecule has 3 aromatic rings. The van der Waals surface area contributed by atoms with E-state index in [0.29, 0.717) is 23.4 Å². The topological polar surface area (TPSA) is 117 Å². The van der Waals surface area contributed by atoms with E-state index in [2.05, 4.69) is 9.97 Å². The number of fused-ring (bicyclic) bond motifs is 1. The van der Waals surface area contributed by atoms with Crippen molar-refractivity contribution in [3.63, 3.8) is 0 Å². The molecule has 0 saturated heterocycles. The van der Waals surface area contributed by atoms with E-state index in [-0.39, 0.29) is 23.6 Å². The predicted molar refractivity (Wildman–Crippen MR) is 115 cm³/mol. The fourth-order valence-corrected chi connectivity index (χ4v) is 3.10. The van der Waals surface area contributed by atoms with Crippen molar-refractivity contribution in [1.82, 2.24) is 9.97 Å². The molecular formula is C23H23N3O5. The summed E-state index contributed by atoms with van der Waals surface area (Å²) in [5.74, 6) is 0.533. The minimum absolute atomic E-state index is 0.0728. The number of carbonyl (C=O) groups is 1. The Kier molecular flexibility index (Phi) is 6.78. The van der Waals surface area contributed by atoms with Crippen LogP contribution in [0.15, 0.2) is 48.2 Å². The molecule has 1 atom stereocenters. The van der Waals surface area contributed by atoms with E-state index in [1.54, 1.807) is 32.4 Å². The van der Waals surface area contributed by atoms with Gasteiger partial charge in [-0.25, -0.2) is 4.98 Å². The Hall–Kier alpha value is -3.99. The summed E-state index contributed by atoms with van der Waals surface area (Å²) in [4.78, 5) is 19.6. The molecule has 0 aliphatic heterocycles. The number of para-hydroxylation sites is 2. The summed E-state index contributed by atoms with van der Waals surface area (Å²) in [6, 6.07) is 14.6. The van der Waals surface area contributed by atoms with Crippen molar-refractivity contribution in [3.05, 3.63) is 59.6 Å². The summed E-state index contributed by atoms with van der Waals surface area (Å²) >= 11 is 0. The summed E-state index contributed by atoms with van der Waals surface area (Å²) in [6.45, 7) is 1.50. The van der Waals surface area contributed by atoms with Gasteiger partial charge in [0.1, 0.15) is 11.6 Å². The maximum Gasteiger partial charge on any atom is 0.306 e. The first-order chi connectivity index (χ1) is 15.0. The number of methoxy groups -OCH3 is 2. The van der Waals surface area contributed by atoms with Crippen LogP contribution in [-0.2, 0) is 16.0 Å². The smallest absolute Gasteiger partial charge is 0.306 e. The van der Waals surface area contributed by atoms with Crippen LogP contribution in [0.25, 0.3) is 16.6 Å². The number of allylic oxidation sites excluding steroid dienone is 1. The van der Waals surface area contributed by atoms with Gasteiger partial charge in [0.2, 0.25) is 0 Å². The number of nitrogens with one attached hydrogen (secondary N) is 1. The van der Waals surface area contributed by atoms with Crippen LogP contribution in [0.3, 0.4) is 0 Å². The van der Waals surface area contributed by atoms with Crippen LogP contribution in [0, 0.1) is 11.3 Å². The molecule has 3 rings (SSSR count). The number of nitrogens with zero attached hydrogens (tertiary/aromatic N) is 2. The van der Waals surface area contributed by atoms with Gasteiger partial charge in [0, 0.05) is 6.42 Å². The molecule has 0 amide bonds. The number of hydrogen-bond acceptors (Lipinski definition) is 7. The van der Waals surface area contributed by atoms with E-state index in [9.17, 15) is 15.2 Å². The summed E-state index contributed by atoms with van der Waals surface area (Å²) in [7, 11) is 3.10. The lowest BCUT2D eigenvalue weighted by Crippen LogP contribution is -2.18. The molecule has 1 aromatic heterocycles. The lowest BCUT2D eigenvalue weighted by molar-refractivity contribution is -0.147. The van der Waals surface area contributed by atoms with Crippen LogP contribution in [0.1, 0.15) is 24.7 Å². The number of carbonyl (C=O) groups excluding carboxylic acids is 1. The van der Waals surface area contributed by atoms with E-state index in [4.69, 9.17) is 14.2 Å². The fraction of sp³-hybridized carbons (Fsp3) is 0.261. The number of aliphatic hydroxyl groups is 1. The molecule has 0 spiro atoms. The molecule has 0 aliphatic rings. The first kappa shape index (κ1) is 21.7. The second-order valence-corrected chi connectivity index (χ2v) is 6.80. The molecule has 8 nitrogen and oxygen atoms in total. The van der Waals surface area contributed by atoms with Crippen LogP contribution in [0.2, 0.25) is 0 Å². The minimum atomic E-state index is -0.999. The zero-order valence-electron chi connectivity index (χ0n) is 17.5. The SMILES string of the molecule is COc1ccc(CCC(=O)O[C@H](C)/C(O)=C(\C#N)c2nc3ccccc3[nH]2)cc1OC. The van der Waals surface area contributed by atoms with E-state index in [0.717, 1.165) is 11.1 Å². The van der Waals surface area contributed by atoms with Crippen molar-refractivity contribution in [2.45, 2.75) is 25.9 Å². The summed E-state index contributed by atoms with van der Waals surface area (Å²) in [6.07, 6.45) is -0.481. The normalized spacial score (nSPS) is 12.6. The fourth-order valence-electron chi connectivity index (χ4n) is 3.10. The van der Waals surface area contributed by atoms with Gasteiger partial charge in [0.05, 0.1) is 25.3 Å². The molecule has 160 valence electrons. The average molecular weight is 421 g/mol. The Labute approximate surface area is 179 Å². The number of esters is 1. The Morgan fingerprint density at radius 2 is 1.94 bits per heavy atom. The molecule has 0 aliphatic carbocycles. The van der Waals surface area contributed by atoms with Gasteiger partial charge in [-0.3, -0.25) is 4.79 Å². The quantitative estimate of drug-likeness (QED) is 0.321. The van der Waals surface area contributed by atoms with Gasteiger partial charge in [-0.15, -0.1) is 0 Å². The highest BCUT2D eigenvalue weighted by Crippen LogP contribution is 2.28. The Morgan fingerprint density at radius 3 is 2.61 bits per heavy atom. The molecular weight excluding hydrogens is 398 g/mol. The third-order valence-corrected chi connectivity index (χ3v) is 4.75. The standard InChI is InChI=1S/C23H23N3O5/c1-14(22(28)16(13-24)23-25-17-6-4-5-7-18(17)26-23)31-21(27)11-9-15-8-10-19(29-2)20(12-15)30-3/h4-8,10,12,14,28H,9,11H2,1-3H3,(H,25,26)/b22-16-/t14-/m1/s1. The van der Waals surface area contributed by atoms with Crippen molar-refractivity contribution < 1.29 is 24.1 Å². The van der Waals surface area contributed by atoms with Gasteiger partial charge >= 0.3 is 5.97 Å². The predicted octanol–water partition coefficient (Wildman–Crippen LogP) is 3.94. The van der Waals surface area contributed by atoms with E-state index >= 15 is 0 Å². The van der Waals surface area contributed by atoms with Crippen LogP contribution >= 0.6 is 0 Å². The van der Waals surface area contributed by atoms with Gasteiger partial charge in [0.15, 0.2) is 29.2 Å². The van der Waals surface area contributed by atoms with Crippen molar-refractivity contribution in [1.29, 1.82) is 5.26 Å². The number of nitriles is 1. The van der Waals surface area contributed by atoms with E-state index in [1.165, 1.54) is 6.92 Å². The largest absolute Gasteiger partial charge is 0.507 e. The Balaban J connectivity index is 1.67. The molecule has 31 heavy (non-hydrogen) atoms. The van der Waals surface area contributed by atoms with E-state index in [1.807, 2.05) is 30.3 Å². The summed E-state index contributed by atoms with van der Waals surface area (Å²) in [5.41, 5.74) is 2.20. The van der Waals surface area contributed by atoms with Crippen molar-refractivity contribution in [2.24, 2.45) is 0 Å². The van der Waals surface area contributed by atoms with Crippen LogP contribution in [-0.4, -0.2) is 41.4 Å². The minimum Gasteiger partial charge on any atom is -0.507 e. The summed E-state index contributed by atoms with van der Waals surface area (Å²) in [5, 5.41) is 20.0. The molecule has 8 heteroatoms. The van der Waals surface area contributed by atoms with Gasteiger partial charge in [-0.2, -0.15) is 5.26 Å². The van der Waals surface area contributed by atoms with Crippen molar-refractivity contribution in [3.8, 4) is 17.6 Å². The monoisotopic (exact) mass is 421 g/mol. The molecule has 2 N–H and O–H groups in total. The number of hydrogen-bond donors (Lipinski definition) is 2. The number of aliphatic hydroxyl groups excluding tert-OH is 1. The third-order valence-electron chi connectivity index (χ3n) is 4.75. The van der Waals surface area contributed by atoms with Crippen LogP contribution in [0.5, 0.6) is 11.5 Å². The highest BCUT2D eigenvalue weighted by Gasteiger charge is 2.21. The van der Waals surface area contributed by atoms with Crippen molar-refractivity contribution in [2.75, 3.05) is 14.2 Å². The highest BCUT2D eigenvalue weighted by atomic mass is 16.6. The Morgan fingerprint density at radius 1 is 1.19 bits per heavy atom. The number of aromatic amines is 1. The molecule has 2 aromatic carbocycles. The first-order valence-electron chi connectivity index (χ1n) is 9.65. The summed E-state index contributed by atoms with van der Waals surface area (Å²) < 4.78 is 15.8. The van der Waals surface area contributed by atoms with Crippen LogP contribution in [0.4, 0.5) is 0 Å². The lowest BCUT2D eigenvalue weighted by atomic mass is 10.1. The molecule has 0 unspecified atom stereocenters. The lowest BCUT2D eigenvalue weighted by Gasteiger charge is -2.14. The molecule has 0 saturated carbocycles. The van der Waals surface area contributed by atoms with Gasteiger partial charge in [-0.1, -0.05) is 18.2 Å². The van der Waals surface area contributed by atoms with Crippen molar-refractivity contribution >= 4 is 22.6 Å². The number of imidazole rings is 1. The first-order valence-corrected chi connectivity index (χ1v) is 9.65. The number of benzene rings is 2. The second kappa shape index (κ2) is 9.67. The molecule has 1 heterocycles. The molecule has 0 radical (unpaired) electrons. The van der Waals surface area contributed by atoms with Crippen LogP contribution < -0.4 is 9.47 Å². The van der Waals surface area contributed by atoms with Gasteiger partial charge in [-0.05, 0) is 43.2 Å². The molecule has 0 bridgehead atoms. The number of aryl methyl sites for hydroxylation is 1. The Bertz CT molecular complexity index is 1130. The number of H-pyrrole nitrogens is 1. The number of rotatable bonds is 8. The maximum atomic E-state index is 12.3. The molecule has 0 fully saturated rings. The zero-order chi connectivity index (χ0) is 22.4.